The maximum atomic E-state index is 9.57. The van der Waals surface area contributed by atoms with Crippen LogP contribution in [-0.2, 0) is 9.59 Å². The number of hydrogen-bond acceptors (Lipinski definition) is 6. The van der Waals surface area contributed by atoms with Gasteiger partial charge in [0.05, 0.1) is 24.1 Å². The predicted molar refractivity (Wildman–Crippen MR) is 42.6 cm³/mol. The van der Waals surface area contributed by atoms with Crippen LogP contribution < -0.4 is 69.3 Å². The smallest absolute Gasteiger partial charge is 0.547 e. The SMILES string of the molecule is CCC(O)C(=O)[O-].CCC(O)C(=O)[O-].[Na+].[Na+]. The fourth-order valence-corrected chi connectivity index (χ4v) is 0.333. The Balaban J connectivity index is -0.0000000800. The Kier molecular flexibility index (Phi) is 25.4. The summed E-state index contributed by atoms with van der Waals surface area (Å²) in [4.78, 5) is 19.1. The first-order chi connectivity index (χ1) is 6.36. The average Bonchev–Trinajstić information content (AvgIpc) is 2.15. The summed E-state index contributed by atoms with van der Waals surface area (Å²) in [5.41, 5.74) is 0. The normalized spacial score (nSPS) is 11.8. The van der Waals surface area contributed by atoms with Gasteiger partial charge in [-0.2, -0.15) is 0 Å². The van der Waals surface area contributed by atoms with Crippen LogP contribution in [0.1, 0.15) is 26.7 Å². The summed E-state index contributed by atoms with van der Waals surface area (Å²) in [6, 6.07) is 0. The second-order valence-electron chi connectivity index (χ2n) is 2.49. The number of aliphatic carboxylic acids is 2. The van der Waals surface area contributed by atoms with E-state index < -0.39 is 24.1 Å². The summed E-state index contributed by atoms with van der Waals surface area (Å²) in [6.07, 6.45) is -2.16. The predicted octanol–water partition coefficient (Wildman–Crippen LogP) is -8.98. The first-order valence-corrected chi connectivity index (χ1v) is 4.14. The number of aliphatic hydroxyl groups excluding tert-OH is 2. The molecule has 0 radical (unpaired) electrons. The van der Waals surface area contributed by atoms with E-state index in [1.807, 2.05) is 0 Å². The summed E-state index contributed by atoms with van der Waals surface area (Å²) >= 11 is 0. The molecule has 84 valence electrons. The molecule has 0 saturated heterocycles. The minimum absolute atomic E-state index is 0. The number of carbonyl (C=O) groups excluding carboxylic acids is 2. The molecule has 0 rings (SSSR count). The van der Waals surface area contributed by atoms with Crippen molar-refractivity contribution in [1.29, 1.82) is 0 Å². The molecule has 0 aliphatic rings. The molecule has 2 unspecified atom stereocenters. The summed E-state index contributed by atoms with van der Waals surface area (Å²) in [7, 11) is 0. The van der Waals surface area contributed by atoms with Gasteiger partial charge >= 0.3 is 59.1 Å². The molecule has 0 saturated carbocycles. The summed E-state index contributed by atoms with van der Waals surface area (Å²) in [5, 5.41) is 35.7. The summed E-state index contributed by atoms with van der Waals surface area (Å²) < 4.78 is 0. The minimum Gasteiger partial charge on any atom is -0.547 e. The van der Waals surface area contributed by atoms with Crippen LogP contribution in [0.2, 0.25) is 0 Å². The van der Waals surface area contributed by atoms with Gasteiger partial charge in [0.2, 0.25) is 0 Å². The topological polar surface area (TPSA) is 121 Å². The first-order valence-electron chi connectivity index (χ1n) is 4.14. The Morgan fingerprint density at radius 1 is 0.938 bits per heavy atom. The van der Waals surface area contributed by atoms with Crippen molar-refractivity contribution in [3.05, 3.63) is 0 Å². The zero-order chi connectivity index (χ0) is 11.7. The van der Waals surface area contributed by atoms with Crippen LogP contribution in [0.4, 0.5) is 0 Å². The van der Waals surface area contributed by atoms with Crippen molar-refractivity contribution >= 4 is 11.9 Å². The molecule has 0 aromatic rings. The van der Waals surface area contributed by atoms with Crippen LogP contribution in [0.15, 0.2) is 0 Å². The van der Waals surface area contributed by atoms with E-state index in [-0.39, 0.29) is 72.0 Å². The van der Waals surface area contributed by atoms with Crippen molar-refractivity contribution in [3.63, 3.8) is 0 Å². The molecule has 8 heteroatoms. The van der Waals surface area contributed by atoms with E-state index in [2.05, 4.69) is 0 Å². The van der Waals surface area contributed by atoms with E-state index in [1.54, 1.807) is 13.8 Å². The standard InChI is InChI=1S/2C4H8O3.2Na/c2*1-2-3(5)4(6)7;;/h2*3,5H,2H2,1H3,(H,6,7);;/q;;2*+1/p-2. The monoisotopic (exact) mass is 252 g/mol. The van der Waals surface area contributed by atoms with Gasteiger partial charge in [0.1, 0.15) is 0 Å². The average molecular weight is 252 g/mol. The fraction of sp³-hybridized carbons (Fsp3) is 0.750. The van der Waals surface area contributed by atoms with E-state index in [1.165, 1.54) is 0 Å². The molecule has 2 atom stereocenters. The molecule has 6 nitrogen and oxygen atoms in total. The molecule has 0 amide bonds. The number of rotatable bonds is 4. The zero-order valence-corrected chi connectivity index (χ0v) is 14.1. The number of carboxylic acid groups (broad SMARTS) is 2. The third-order valence-electron chi connectivity index (χ3n) is 1.32. The van der Waals surface area contributed by atoms with Crippen molar-refractivity contribution in [1.82, 2.24) is 0 Å². The van der Waals surface area contributed by atoms with E-state index in [9.17, 15) is 19.8 Å². The van der Waals surface area contributed by atoms with Crippen molar-refractivity contribution in [2.75, 3.05) is 0 Å². The summed E-state index contributed by atoms with van der Waals surface area (Å²) in [6.45, 7) is 3.14. The molecule has 0 aromatic carbocycles. The molecule has 0 aromatic heterocycles. The Morgan fingerprint density at radius 2 is 1.12 bits per heavy atom. The van der Waals surface area contributed by atoms with Crippen LogP contribution in [-0.4, -0.2) is 34.4 Å². The third kappa shape index (κ3) is 17.3. The van der Waals surface area contributed by atoms with Crippen molar-refractivity contribution in [2.45, 2.75) is 38.9 Å². The number of carbonyl (C=O) groups is 2. The Labute approximate surface area is 139 Å². The molecule has 0 spiro atoms. The molecule has 16 heavy (non-hydrogen) atoms. The second-order valence-corrected chi connectivity index (χ2v) is 2.49. The van der Waals surface area contributed by atoms with E-state index in [0.29, 0.717) is 0 Å². The second kappa shape index (κ2) is 15.9. The molecule has 0 aliphatic carbocycles. The van der Waals surface area contributed by atoms with Crippen molar-refractivity contribution in [2.24, 2.45) is 0 Å². The third-order valence-corrected chi connectivity index (χ3v) is 1.32. The Bertz CT molecular complexity index is 167. The van der Waals surface area contributed by atoms with Gasteiger partial charge in [-0.3, -0.25) is 0 Å². The molecule has 0 bridgehead atoms. The van der Waals surface area contributed by atoms with E-state index in [4.69, 9.17) is 10.2 Å². The molecule has 0 fully saturated rings. The van der Waals surface area contributed by atoms with Gasteiger partial charge in [-0.25, -0.2) is 0 Å². The number of aliphatic hydroxyl groups is 2. The van der Waals surface area contributed by atoms with Crippen LogP contribution >= 0.6 is 0 Å². The van der Waals surface area contributed by atoms with Gasteiger partial charge in [-0.15, -0.1) is 0 Å². The van der Waals surface area contributed by atoms with Crippen LogP contribution in [0.3, 0.4) is 0 Å². The van der Waals surface area contributed by atoms with Gasteiger partial charge < -0.3 is 30.0 Å². The van der Waals surface area contributed by atoms with Gasteiger partial charge in [0, 0.05) is 0 Å². The quantitative estimate of drug-likeness (QED) is 0.479. The van der Waals surface area contributed by atoms with Crippen molar-refractivity contribution in [3.8, 4) is 0 Å². The van der Waals surface area contributed by atoms with Gasteiger partial charge in [-0.05, 0) is 12.8 Å². The number of carboxylic acids is 2. The molecular formula is C8H14Na2O6. The molecule has 0 heterocycles. The van der Waals surface area contributed by atoms with Crippen molar-refractivity contribution < 1.29 is 89.1 Å². The minimum atomic E-state index is -1.40. The van der Waals surface area contributed by atoms with Gasteiger partial charge in [0.15, 0.2) is 0 Å². The fourth-order valence-electron chi connectivity index (χ4n) is 0.333. The maximum absolute atomic E-state index is 9.57. The molecule has 2 N–H and O–H groups in total. The first kappa shape index (κ1) is 25.6. The summed E-state index contributed by atoms with van der Waals surface area (Å²) in [5.74, 6) is -2.80. The molecular weight excluding hydrogens is 238 g/mol. The van der Waals surface area contributed by atoms with E-state index in [0.717, 1.165) is 0 Å². The van der Waals surface area contributed by atoms with Crippen LogP contribution in [0.25, 0.3) is 0 Å². The van der Waals surface area contributed by atoms with Gasteiger partial charge in [-0.1, -0.05) is 13.8 Å². The van der Waals surface area contributed by atoms with Crippen LogP contribution in [0, 0.1) is 0 Å². The zero-order valence-electron chi connectivity index (χ0n) is 10.1. The van der Waals surface area contributed by atoms with Gasteiger partial charge in [0.25, 0.3) is 0 Å². The Morgan fingerprint density at radius 3 is 1.12 bits per heavy atom. The maximum Gasteiger partial charge on any atom is 1.00 e. The largest absolute Gasteiger partial charge is 1.00 e. The Hall–Kier alpha value is 0.860. The molecule has 0 aliphatic heterocycles. The number of hydrogen-bond donors (Lipinski definition) is 2. The van der Waals surface area contributed by atoms with E-state index >= 15 is 0 Å². The van der Waals surface area contributed by atoms with Crippen LogP contribution in [0.5, 0.6) is 0 Å².